The molecule has 1 aliphatic rings. The topological polar surface area (TPSA) is 107 Å². The van der Waals surface area contributed by atoms with E-state index >= 15 is 0 Å². The number of amides is 1. The number of anilines is 1. The fraction of sp³-hybridized carbons (Fsp3) is 0.462. The van der Waals surface area contributed by atoms with Gasteiger partial charge >= 0.3 is 5.69 Å². The minimum atomic E-state index is -0.496. The Hall–Kier alpha value is -2.31. The largest absolute Gasteiger partial charge is 0.490 e. The van der Waals surface area contributed by atoms with Crippen LogP contribution < -0.4 is 15.8 Å². The Morgan fingerprint density at radius 3 is 2.85 bits per heavy atom. The number of ether oxygens (including phenoxy) is 1. The van der Waals surface area contributed by atoms with Gasteiger partial charge in [0, 0.05) is 23.9 Å². The second-order valence-corrected chi connectivity index (χ2v) is 4.83. The highest BCUT2D eigenvalue weighted by molar-refractivity contribution is 5.78. The molecule has 7 nitrogen and oxygen atoms in total. The van der Waals surface area contributed by atoms with E-state index in [0.29, 0.717) is 5.69 Å². The number of nitro groups is 1. The van der Waals surface area contributed by atoms with E-state index in [-0.39, 0.29) is 29.3 Å². The second-order valence-electron chi connectivity index (χ2n) is 4.83. The molecule has 2 atom stereocenters. The van der Waals surface area contributed by atoms with Crippen LogP contribution in [0.15, 0.2) is 18.2 Å². The molecule has 0 radical (unpaired) electrons. The van der Waals surface area contributed by atoms with Crippen molar-refractivity contribution < 1.29 is 14.5 Å². The highest BCUT2D eigenvalue weighted by atomic mass is 16.6. The maximum Gasteiger partial charge on any atom is 0.311 e. The fourth-order valence-electron chi connectivity index (χ4n) is 2.61. The molecular formula is C13H17N3O4. The predicted octanol–water partition coefficient (Wildman–Crippen LogP) is 1.67. The van der Waals surface area contributed by atoms with Gasteiger partial charge in [0.15, 0.2) is 5.75 Å². The molecule has 1 amide bonds. The minimum absolute atomic E-state index is 0.0290. The first-order chi connectivity index (χ1) is 9.52. The molecule has 1 aliphatic carbocycles. The van der Waals surface area contributed by atoms with Crippen LogP contribution in [0.25, 0.3) is 0 Å². The molecular weight excluding hydrogens is 262 g/mol. The Morgan fingerprint density at radius 2 is 2.25 bits per heavy atom. The number of rotatable bonds is 5. The number of carbonyl (C=O) groups is 1. The molecule has 2 rings (SSSR count). The summed E-state index contributed by atoms with van der Waals surface area (Å²) in [6.45, 7) is 0. The Balaban J connectivity index is 2.17. The lowest BCUT2D eigenvalue weighted by Crippen LogP contribution is -2.34. The summed E-state index contributed by atoms with van der Waals surface area (Å²) in [6, 6.07) is 4.53. The van der Waals surface area contributed by atoms with Crippen molar-refractivity contribution in [2.24, 2.45) is 11.7 Å². The van der Waals surface area contributed by atoms with Crippen molar-refractivity contribution >= 4 is 17.3 Å². The van der Waals surface area contributed by atoms with Crippen LogP contribution in [0.2, 0.25) is 0 Å². The van der Waals surface area contributed by atoms with E-state index in [9.17, 15) is 14.9 Å². The number of primary amides is 1. The number of nitrogens with one attached hydrogen (secondary N) is 1. The maximum atomic E-state index is 11.3. The van der Waals surface area contributed by atoms with Crippen molar-refractivity contribution in [3.8, 4) is 5.75 Å². The molecule has 7 heteroatoms. The van der Waals surface area contributed by atoms with Gasteiger partial charge in [-0.05, 0) is 18.9 Å². The first-order valence-electron chi connectivity index (χ1n) is 6.41. The van der Waals surface area contributed by atoms with Gasteiger partial charge < -0.3 is 15.8 Å². The number of nitrogens with two attached hydrogens (primary N) is 1. The van der Waals surface area contributed by atoms with Crippen molar-refractivity contribution in [2.45, 2.75) is 25.3 Å². The Kier molecular flexibility index (Phi) is 4.07. The lowest BCUT2D eigenvalue weighted by atomic mass is 10.0. The molecule has 1 aromatic rings. The monoisotopic (exact) mass is 279 g/mol. The van der Waals surface area contributed by atoms with Crippen LogP contribution >= 0.6 is 0 Å². The summed E-state index contributed by atoms with van der Waals surface area (Å²) in [7, 11) is 1.38. The first-order valence-corrected chi connectivity index (χ1v) is 6.41. The zero-order valence-corrected chi connectivity index (χ0v) is 11.2. The van der Waals surface area contributed by atoms with Gasteiger partial charge in [0.05, 0.1) is 18.0 Å². The number of hydrogen-bond donors (Lipinski definition) is 2. The first kappa shape index (κ1) is 14.1. The molecule has 108 valence electrons. The third-order valence-electron chi connectivity index (χ3n) is 3.61. The van der Waals surface area contributed by atoms with Gasteiger partial charge in [-0.1, -0.05) is 6.42 Å². The molecule has 1 aromatic carbocycles. The molecule has 0 aliphatic heterocycles. The summed E-state index contributed by atoms with van der Waals surface area (Å²) in [6.07, 6.45) is 2.57. The Labute approximate surface area is 116 Å². The maximum absolute atomic E-state index is 11.3. The van der Waals surface area contributed by atoms with Crippen LogP contribution in [0.5, 0.6) is 5.75 Å². The van der Waals surface area contributed by atoms with Gasteiger partial charge in [-0.15, -0.1) is 0 Å². The highest BCUT2D eigenvalue weighted by Gasteiger charge is 2.31. The lowest BCUT2D eigenvalue weighted by Gasteiger charge is -2.19. The smallest absolute Gasteiger partial charge is 0.311 e. The van der Waals surface area contributed by atoms with E-state index < -0.39 is 4.92 Å². The molecule has 20 heavy (non-hydrogen) atoms. The molecule has 0 aromatic heterocycles. The number of nitro benzene ring substituents is 1. The summed E-state index contributed by atoms with van der Waals surface area (Å²) < 4.78 is 5.01. The van der Waals surface area contributed by atoms with Crippen molar-refractivity contribution in [3.05, 3.63) is 28.3 Å². The van der Waals surface area contributed by atoms with Gasteiger partial charge in [-0.25, -0.2) is 0 Å². The summed E-state index contributed by atoms with van der Waals surface area (Å²) in [5.74, 6) is -0.321. The van der Waals surface area contributed by atoms with Gasteiger partial charge in [-0.3, -0.25) is 14.9 Å². The summed E-state index contributed by atoms with van der Waals surface area (Å²) in [5, 5.41) is 14.0. The zero-order valence-electron chi connectivity index (χ0n) is 11.2. The summed E-state index contributed by atoms with van der Waals surface area (Å²) in [5.41, 5.74) is 5.97. The van der Waals surface area contributed by atoms with Gasteiger partial charge in [0.1, 0.15) is 0 Å². The molecule has 2 unspecified atom stereocenters. The molecule has 1 fully saturated rings. The van der Waals surface area contributed by atoms with E-state index in [1.165, 1.54) is 13.2 Å². The summed E-state index contributed by atoms with van der Waals surface area (Å²) >= 11 is 0. The normalized spacial score (nSPS) is 21.4. The van der Waals surface area contributed by atoms with E-state index in [4.69, 9.17) is 10.5 Å². The van der Waals surface area contributed by atoms with Crippen LogP contribution in [0.1, 0.15) is 19.3 Å². The molecule has 0 saturated heterocycles. The van der Waals surface area contributed by atoms with Crippen LogP contribution in [0.3, 0.4) is 0 Å². The SMILES string of the molecule is COc1cc(NC2CCCC2C(N)=O)ccc1[N+](=O)[O-]. The van der Waals surface area contributed by atoms with Crippen LogP contribution in [0.4, 0.5) is 11.4 Å². The van der Waals surface area contributed by atoms with Gasteiger partial charge in [0.2, 0.25) is 5.91 Å². The second kappa shape index (κ2) is 5.77. The third kappa shape index (κ3) is 2.81. The van der Waals surface area contributed by atoms with Crippen LogP contribution in [0, 0.1) is 16.0 Å². The number of hydrogen-bond acceptors (Lipinski definition) is 5. The average Bonchev–Trinajstić information content (AvgIpc) is 2.86. The van der Waals surface area contributed by atoms with Crippen molar-refractivity contribution in [1.29, 1.82) is 0 Å². The van der Waals surface area contributed by atoms with Crippen molar-refractivity contribution in [1.82, 2.24) is 0 Å². The lowest BCUT2D eigenvalue weighted by molar-refractivity contribution is -0.385. The van der Waals surface area contributed by atoms with Crippen molar-refractivity contribution in [2.75, 3.05) is 12.4 Å². The standard InChI is InChI=1S/C13H17N3O4/c1-20-12-7-8(5-6-11(12)16(18)19)15-10-4-2-3-9(10)13(14)17/h5-7,9-10,15H,2-4H2,1H3,(H2,14,17). The van der Waals surface area contributed by atoms with Gasteiger partial charge in [-0.2, -0.15) is 0 Å². The zero-order chi connectivity index (χ0) is 14.7. The molecule has 0 bridgehead atoms. The Morgan fingerprint density at radius 1 is 1.50 bits per heavy atom. The third-order valence-corrected chi connectivity index (χ3v) is 3.61. The molecule has 3 N–H and O–H groups in total. The minimum Gasteiger partial charge on any atom is -0.490 e. The molecule has 0 spiro atoms. The fourth-order valence-corrected chi connectivity index (χ4v) is 2.61. The number of nitrogens with zero attached hydrogens (tertiary/aromatic N) is 1. The predicted molar refractivity (Wildman–Crippen MR) is 73.6 cm³/mol. The number of carbonyl (C=O) groups excluding carboxylic acids is 1. The Bertz CT molecular complexity index is 532. The quantitative estimate of drug-likeness (QED) is 0.629. The average molecular weight is 279 g/mol. The molecule has 1 saturated carbocycles. The number of methoxy groups -OCH3 is 1. The van der Waals surface area contributed by atoms with E-state index in [2.05, 4.69) is 5.32 Å². The van der Waals surface area contributed by atoms with E-state index in [1.807, 2.05) is 0 Å². The van der Waals surface area contributed by atoms with E-state index in [0.717, 1.165) is 19.3 Å². The number of benzene rings is 1. The van der Waals surface area contributed by atoms with Crippen molar-refractivity contribution in [3.63, 3.8) is 0 Å². The summed E-state index contributed by atoms with van der Waals surface area (Å²) in [4.78, 5) is 21.7. The highest BCUT2D eigenvalue weighted by Crippen LogP contribution is 2.33. The van der Waals surface area contributed by atoms with Gasteiger partial charge in [0.25, 0.3) is 0 Å². The molecule has 0 heterocycles. The van der Waals surface area contributed by atoms with E-state index in [1.54, 1.807) is 12.1 Å². The van der Waals surface area contributed by atoms with Crippen LogP contribution in [-0.2, 0) is 4.79 Å². The van der Waals surface area contributed by atoms with Crippen LogP contribution in [-0.4, -0.2) is 24.0 Å².